The van der Waals surface area contributed by atoms with Crippen molar-refractivity contribution < 1.29 is 42.9 Å². The van der Waals surface area contributed by atoms with Gasteiger partial charge in [0.25, 0.3) is 5.91 Å². The summed E-state index contributed by atoms with van der Waals surface area (Å²) in [6.07, 6.45) is -2.09. The number of ether oxygens (including phenoxy) is 4. The maximum atomic E-state index is 14.3. The minimum atomic E-state index is -1.17. The normalized spacial score (nSPS) is 21.3. The van der Waals surface area contributed by atoms with E-state index in [-0.39, 0.29) is 59.2 Å². The van der Waals surface area contributed by atoms with Crippen LogP contribution in [-0.2, 0) is 38.1 Å². The first-order valence-corrected chi connectivity index (χ1v) is 20.5. The quantitative estimate of drug-likeness (QED) is 0.149. The molecule has 4 amide bonds. The Hall–Kier alpha value is -3.80. The van der Waals surface area contributed by atoms with E-state index < -0.39 is 60.6 Å². The lowest BCUT2D eigenvalue weighted by Crippen LogP contribution is -2.59. The van der Waals surface area contributed by atoms with E-state index in [1.807, 2.05) is 47.6 Å². The zero-order valence-corrected chi connectivity index (χ0v) is 36.3. The first kappa shape index (κ1) is 47.6. The van der Waals surface area contributed by atoms with Crippen LogP contribution in [0.5, 0.6) is 0 Å². The number of likely N-dealkylation sites (N-methyl/N-ethyl adjacent to an activating group) is 3. The molecule has 3 rings (SSSR count). The number of nitrogens with zero attached hydrogens (tertiary/aromatic N) is 3. The predicted molar refractivity (Wildman–Crippen MR) is 218 cm³/mol. The number of carbonyl (C=O) groups excluding carboxylic acids is 5. The van der Waals surface area contributed by atoms with Gasteiger partial charge in [-0.15, -0.1) is 11.3 Å². The average Bonchev–Trinajstić information content (AvgIpc) is 3.87. The van der Waals surface area contributed by atoms with Crippen LogP contribution < -0.4 is 16.0 Å². The lowest BCUT2D eigenvalue weighted by Gasteiger charge is -2.42. The number of thiazole rings is 1. The van der Waals surface area contributed by atoms with Crippen molar-refractivity contribution in [2.75, 3.05) is 49.0 Å². The molecule has 0 radical (unpaired) electrons. The number of nitrogens with one attached hydrogen (secondary N) is 3. The van der Waals surface area contributed by atoms with E-state index in [0.29, 0.717) is 12.0 Å². The Kier molecular flexibility index (Phi) is 18.7. The van der Waals surface area contributed by atoms with Crippen molar-refractivity contribution in [3.8, 4) is 0 Å². The highest BCUT2D eigenvalue weighted by atomic mass is 32.1. The van der Waals surface area contributed by atoms with Crippen LogP contribution in [0.15, 0.2) is 41.9 Å². The van der Waals surface area contributed by atoms with Gasteiger partial charge in [0.15, 0.2) is 11.1 Å². The van der Waals surface area contributed by atoms with E-state index in [1.54, 1.807) is 55.7 Å². The third-order valence-electron chi connectivity index (χ3n) is 10.9. The number of aromatic nitrogens is 1. The van der Waals surface area contributed by atoms with Gasteiger partial charge < -0.3 is 44.7 Å². The van der Waals surface area contributed by atoms with Gasteiger partial charge in [0.2, 0.25) is 23.5 Å². The Morgan fingerprint density at radius 1 is 0.912 bits per heavy atom. The van der Waals surface area contributed by atoms with Gasteiger partial charge >= 0.3 is 0 Å². The van der Waals surface area contributed by atoms with Crippen molar-refractivity contribution in [2.24, 2.45) is 17.8 Å². The molecule has 0 spiro atoms. The average molecular weight is 817 g/mol. The maximum Gasteiger partial charge on any atom is 0.252 e. The first-order chi connectivity index (χ1) is 27.1. The fourth-order valence-electron chi connectivity index (χ4n) is 7.69. The zero-order chi connectivity index (χ0) is 42.6. The van der Waals surface area contributed by atoms with Gasteiger partial charge in [-0.2, -0.15) is 0 Å². The van der Waals surface area contributed by atoms with Crippen LogP contribution in [0.25, 0.3) is 0 Å². The summed E-state index contributed by atoms with van der Waals surface area (Å²) in [5.41, 5.74) is 0.578. The van der Waals surface area contributed by atoms with Gasteiger partial charge in [-0.3, -0.25) is 24.0 Å². The summed E-state index contributed by atoms with van der Waals surface area (Å²) in [7, 11) is 9.51. The second kappa shape index (κ2) is 22.4. The van der Waals surface area contributed by atoms with Crippen LogP contribution in [0.4, 0.5) is 0 Å². The number of hydrogen-bond donors (Lipinski definition) is 3. The van der Waals surface area contributed by atoms with E-state index in [1.165, 1.54) is 43.8 Å². The molecule has 1 aromatic carbocycles. The number of ketones is 1. The lowest BCUT2D eigenvalue weighted by atomic mass is 9.89. The zero-order valence-electron chi connectivity index (χ0n) is 35.5. The van der Waals surface area contributed by atoms with Crippen LogP contribution in [0.2, 0.25) is 0 Å². The highest BCUT2D eigenvalue weighted by Gasteiger charge is 2.49. The maximum absolute atomic E-state index is 14.3. The van der Waals surface area contributed by atoms with Gasteiger partial charge in [-0.1, -0.05) is 78.3 Å². The molecular formula is C41H64N6O9S. The molecule has 0 aliphatic carbocycles. The van der Waals surface area contributed by atoms with Crippen LogP contribution in [0.1, 0.15) is 75.8 Å². The number of hydrogen-bond acceptors (Lipinski definition) is 12. The van der Waals surface area contributed by atoms with Gasteiger partial charge in [-0.25, -0.2) is 4.98 Å². The van der Waals surface area contributed by atoms with Gasteiger partial charge in [-0.05, 0) is 30.4 Å². The molecule has 1 saturated heterocycles. The second-order valence-corrected chi connectivity index (χ2v) is 16.2. The highest BCUT2D eigenvalue weighted by Crippen LogP contribution is 2.29. The molecule has 318 valence electrons. The number of methoxy groups -OCH3 is 3. The van der Waals surface area contributed by atoms with E-state index >= 15 is 0 Å². The molecule has 2 aromatic rings. The summed E-state index contributed by atoms with van der Waals surface area (Å²) in [6, 6.07) is 6.14. The fourth-order valence-corrected chi connectivity index (χ4v) is 8.29. The second-order valence-electron chi connectivity index (χ2n) is 15.3. The van der Waals surface area contributed by atoms with Crippen LogP contribution in [0.3, 0.4) is 0 Å². The molecule has 15 nitrogen and oxygen atoms in total. The molecule has 57 heavy (non-hydrogen) atoms. The van der Waals surface area contributed by atoms with Crippen molar-refractivity contribution in [3.05, 3.63) is 52.5 Å². The Morgan fingerprint density at radius 3 is 2.07 bits per heavy atom. The van der Waals surface area contributed by atoms with Crippen molar-refractivity contribution in [1.82, 2.24) is 30.7 Å². The minimum absolute atomic E-state index is 0.0176. The minimum Gasteiger partial charge on any atom is -0.379 e. The molecule has 16 heteroatoms. The SMILES string of the molecule is CC[C@H](C)[C@@H](C(CC(=O)NC[C@H]1O[C@H](C(=O)N[C@H](C(=O)c2nccs2)c2ccccc2)[C@@H](OC)[C@@H]1OC)OC)N(C)C(=O)[C@H](C(C)C)N(C)C(=O)[C@@H](NC)C(C)C. The van der Waals surface area contributed by atoms with Gasteiger partial charge in [0, 0.05) is 53.5 Å². The summed E-state index contributed by atoms with van der Waals surface area (Å²) in [6.45, 7) is 11.7. The molecule has 1 aliphatic rings. The smallest absolute Gasteiger partial charge is 0.252 e. The molecule has 10 atom stereocenters. The number of benzene rings is 1. The van der Waals surface area contributed by atoms with Crippen molar-refractivity contribution in [2.45, 2.75) is 109 Å². The summed E-state index contributed by atoms with van der Waals surface area (Å²) in [5, 5.41) is 10.8. The summed E-state index contributed by atoms with van der Waals surface area (Å²) < 4.78 is 23.6. The summed E-state index contributed by atoms with van der Waals surface area (Å²) in [5.74, 6) is -1.97. The van der Waals surface area contributed by atoms with Crippen LogP contribution in [0, 0.1) is 17.8 Å². The third-order valence-corrected chi connectivity index (χ3v) is 11.7. The van der Waals surface area contributed by atoms with E-state index in [0.717, 1.165) is 0 Å². The van der Waals surface area contributed by atoms with E-state index in [4.69, 9.17) is 18.9 Å². The van der Waals surface area contributed by atoms with Crippen molar-refractivity contribution in [1.29, 1.82) is 0 Å². The molecule has 0 saturated carbocycles. The molecule has 1 aliphatic heterocycles. The Morgan fingerprint density at radius 2 is 1.56 bits per heavy atom. The standard InChI is InChI=1S/C41H64N6O9S/c1-13-25(6)33(47(9)41(52)32(24(4)5)46(8)40(51)30(42-7)23(2)3)27(53-10)21-29(48)44-22-28-35(54-11)36(55-12)37(56-28)38(50)45-31(26-17-15-14-16-18-26)34(49)39-43-19-20-57-39/h14-20,23-25,27-28,30-33,35-37,42H,13,21-22H2,1-12H3,(H,44,48)(H,45,50)/t25-,27?,28+,30-,31-,32-,33-,35+,36-,37-/m0/s1. The highest BCUT2D eigenvalue weighted by molar-refractivity contribution is 7.11. The first-order valence-electron chi connectivity index (χ1n) is 19.6. The summed E-state index contributed by atoms with van der Waals surface area (Å²) in [4.78, 5) is 76.1. The van der Waals surface area contributed by atoms with Crippen LogP contribution >= 0.6 is 11.3 Å². The number of Topliss-reactive ketones (excluding diaryl/α,β-unsaturated/α-hetero) is 1. The monoisotopic (exact) mass is 816 g/mol. The number of rotatable bonds is 22. The van der Waals surface area contributed by atoms with Gasteiger partial charge in [0.05, 0.1) is 24.6 Å². The van der Waals surface area contributed by atoms with Gasteiger partial charge in [0.1, 0.15) is 30.4 Å². The molecular weight excluding hydrogens is 753 g/mol. The number of carbonyl (C=O) groups is 5. The number of amides is 4. The van der Waals surface area contributed by atoms with E-state index in [2.05, 4.69) is 20.9 Å². The fraction of sp³-hybridized carbons (Fsp3) is 0.659. The lowest BCUT2D eigenvalue weighted by molar-refractivity contribution is -0.152. The Balaban J connectivity index is 1.76. The topological polar surface area (TPSA) is 178 Å². The van der Waals surface area contributed by atoms with Crippen molar-refractivity contribution in [3.63, 3.8) is 0 Å². The van der Waals surface area contributed by atoms with Crippen molar-refractivity contribution >= 4 is 40.7 Å². The predicted octanol–water partition coefficient (Wildman–Crippen LogP) is 3.10. The Labute approximate surface area is 341 Å². The molecule has 1 fully saturated rings. The summed E-state index contributed by atoms with van der Waals surface area (Å²) >= 11 is 1.18. The molecule has 3 N–H and O–H groups in total. The Bertz CT molecular complexity index is 1600. The van der Waals surface area contributed by atoms with Crippen LogP contribution in [-0.4, -0.2) is 142 Å². The molecule has 2 heterocycles. The molecule has 0 bridgehead atoms. The molecule has 1 aromatic heterocycles. The third kappa shape index (κ3) is 11.7. The molecule has 1 unspecified atom stereocenters. The largest absolute Gasteiger partial charge is 0.379 e. The van der Waals surface area contributed by atoms with E-state index in [9.17, 15) is 24.0 Å².